The normalized spacial score (nSPS) is 13.1. The third-order valence-corrected chi connectivity index (χ3v) is 2.58. The van der Waals surface area contributed by atoms with Crippen LogP contribution in [0.4, 0.5) is 0 Å². The van der Waals surface area contributed by atoms with Gasteiger partial charge in [0.05, 0.1) is 0 Å². The number of nitrogens with zero attached hydrogens (tertiary/aromatic N) is 2. The Kier molecular flexibility index (Phi) is 2.21. The van der Waals surface area contributed by atoms with E-state index in [1.54, 1.807) is 12.4 Å². The van der Waals surface area contributed by atoms with Crippen LogP contribution in [-0.4, -0.2) is 22.5 Å². The van der Waals surface area contributed by atoms with Crippen LogP contribution in [-0.2, 0) is 0 Å². The SMILES string of the molecule is CS(C)(S)c1ncccn1. The molecule has 1 heterocycles. The third-order valence-electron chi connectivity index (χ3n) is 0.989. The zero-order valence-corrected chi connectivity index (χ0v) is 7.69. The summed E-state index contributed by atoms with van der Waals surface area (Å²) in [5, 5.41) is 0.846. The van der Waals surface area contributed by atoms with Gasteiger partial charge in [0.2, 0.25) is 0 Å². The van der Waals surface area contributed by atoms with Crippen molar-refractivity contribution in [2.45, 2.75) is 5.16 Å². The molecule has 1 rings (SSSR count). The minimum atomic E-state index is -1.03. The van der Waals surface area contributed by atoms with Gasteiger partial charge < -0.3 is 0 Å². The topological polar surface area (TPSA) is 25.8 Å². The van der Waals surface area contributed by atoms with Crippen molar-refractivity contribution in [2.24, 2.45) is 0 Å². The Bertz CT molecular complexity index is 205. The summed E-state index contributed by atoms with van der Waals surface area (Å²) < 4.78 is 0. The van der Waals surface area contributed by atoms with Crippen LogP contribution in [0.5, 0.6) is 0 Å². The molecule has 56 valence electrons. The van der Waals surface area contributed by atoms with Crippen molar-refractivity contribution in [1.29, 1.82) is 0 Å². The first kappa shape index (κ1) is 7.88. The summed E-state index contributed by atoms with van der Waals surface area (Å²) in [5.74, 6) is 0. The van der Waals surface area contributed by atoms with Crippen molar-refractivity contribution in [1.82, 2.24) is 9.97 Å². The molecule has 0 unspecified atom stereocenters. The highest BCUT2D eigenvalue weighted by atomic mass is 33.1. The van der Waals surface area contributed by atoms with Crippen LogP contribution in [0.3, 0.4) is 0 Å². The largest absolute Gasteiger partial charge is 0.232 e. The Hall–Kier alpha value is -0.220. The second-order valence-corrected chi connectivity index (χ2v) is 7.95. The van der Waals surface area contributed by atoms with Crippen LogP contribution in [0.2, 0.25) is 0 Å². The lowest BCUT2D eigenvalue weighted by molar-refractivity contribution is 0.964. The van der Waals surface area contributed by atoms with E-state index in [1.165, 1.54) is 0 Å². The highest BCUT2D eigenvalue weighted by Gasteiger charge is 2.10. The highest BCUT2D eigenvalue weighted by Crippen LogP contribution is 2.50. The average molecular weight is 174 g/mol. The van der Waals surface area contributed by atoms with Crippen molar-refractivity contribution >= 4 is 20.7 Å². The van der Waals surface area contributed by atoms with Crippen molar-refractivity contribution in [3.63, 3.8) is 0 Å². The molecular weight excluding hydrogens is 164 g/mol. The molecule has 0 aliphatic rings. The van der Waals surface area contributed by atoms with Gasteiger partial charge in [-0.2, -0.15) is 0 Å². The van der Waals surface area contributed by atoms with Crippen molar-refractivity contribution in [3.05, 3.63) is 18.5 Å². The lowest BCUT2D eigenvalue weighted by Crippen LogP contribution is -1.93. The average Bonchev–Trinajstić information content (AvgIpc) is 1.88. The monoisotopic (exact) mass is 174 g/mol. The van der Waals surface area contributed by atoms with E-state index in [9.17, 15) is 0 Å². The number of thiol groups is 1. The molecule has 0 aliphatic carbocycles. The number of hydrogen-bond acceptors (Lipinski definition) is 3. The Balaban J connectivity index is 2.97. The molecule has 0 atom stereocenters. The summed E-state index contributed by atoms with van der Waals surface area (Å²) >= 11 is 4.40. The van der Waals surface area contributed by atoms with E-state index >= 15 is 0 Å². The van der Waals surface area contributed by atoms with Crippen LogP contribution in [0.25, 0.3) is 0 Å². The van der Waals surface area contributed by atoms with Gasteiger partial charge in [0.15, 0.2) is 5.16 Å². The maximum atomic E-state index is 4.40. The second-order valence-electron chi connectivity index (χ2n) is 2.30. The zero-order valence-electron chi connectivity index (χ0n) is 5.98. The van der Waals surface area contributed by atoms with Crippen molar-refractivity contribution < 1.29 is 0 Å². The Morgan fingerprint density at radius 2 is 1.80 bits per heavy atom. The van der Waals surface area contributed by atoms with E-state index in [0.29, 0.717) is 0 Å². The third kappa shape index (κ3) is 1.88. The molecule has 0 spiro atoms. The molecule has 0 N–H and O–H groups in total. The minimum Gasteiger partial charge on any atom is -0.232 e. The fourth-order valence-corrected chi connectivity index (χ4v) is 1.46. The van der Waals surface area contributed by atoms with Gasteiger partial charge >= 0.3 is 0 Å². The van der Waals surface area contributed by atoms with Gasteiger partial charge in [0, 0.05) is 12.4 Å². The summed E-state index contributed by atoms with van der Waals surface area (Å²) in [7, 11) is -1.03. The fourth-order valence-electron chi connectivity index (χ4n) is 0.543. The molecule has 0 aromatic carbocycles. The molecule has 10 heavy (non-hydrogen) atoms. The molecular formula is C6H10N2S2. The molecule has 2 nitrogen and oxygen atoms in total. The maximum absolute atomic E-state index is 4.40. The molecule has 0 amide bonds. The Morgan fingerprint density at radius 3 is 2.10 bits per heavy atom. The molecule has 1 aromatic rings. The molecule has 1 aromatic heterocycles. The van der Waals surface area contributed by atoms with Crippen LogP contribution in [0.15, 0.2) is 23.6 Å². The van der Waals surface area contributed by atoms with Gasteiger partial charge in [0.25, 0.3) is 0 Å². The van der Waals surface area contributed by atoms with Gasteiger partial charge in [-0.15, -0.1) is 20.7 Å². The lowest BCUT2D eigenvalue weighted by atomic mass is 10.7. The molecule has 0 saturated heterocycles. The minimum absolute atomic E-state index is 0.846. The standard InChI is InChI=1S/C6H10N2S2/c1-10(2,9)6-7-4-3-5-8-6/h3-5,9H,1-2H3. The molecule has 0 fully saturated rings. The van der Waals surface area contributed by atoms with Gasteiger partial charge in [-0.25, -0.2) is 9.97 Å². The quantitative estimate of drug-likeness (QED) is 0.399. The maximum Gasteiger partial charge on any atom is 0.178 e. The summed E-state index contributed by atoms with van der Waals surface area (Å²) in [6.07, 6.45) is 7.58. The first-order chi connectivity index (χ1) is 4.61. The van der Waals surface area contributed by atoms with E-state index in [0.717, 1.165) is 5.16 Å². The van der Waals surface area contributed by atoms with E-state index in [-0.39, 0.29) is 0 Å². The summed E-state index contributed by atoms with van der Waals surface area (Å²) in [6, 6.07) is 1.81. The molecule has 0 aliphatic heterocycles. The van der Waals surface area contributed by atoms with Crippen LogP contribution in [0, 0.1) is 0 Å². The van der Waals surface area contributed by atoms with Gasteiger partial charge in [-0.3, -0.25) is 0 Å². The van der Waals surface area contributed by atoms with Crippen molar-refractivity contribution in [2.75, 3.05) is 12.5 Å². The predicted molar refractivity (Wildman–Crippen MR) is 48.7 cm³/mol. The number of hydrogen-bond donors (Lipinski definition) is 1. The molecule has 0 bridgehead atoms. The van der Waals surface area contributed by atoms with Gasteiger partial charge in [-0.05, 0) is 18.6 Å². The first-order valence-corrected chi connectivity index (χ1v) is 6.34. The summed E-state index contributed by atoms with van der Waals surface area (Å²) in [5.41, 5.74) is 0. The molecule has 4 heteroatoms. The Morgan fingerprint density at radius 1 is 1.30 bits per heavy atom. The summed E-state index contributed by atoms with van der Waals surface area (Å²) in [6.45, 7) is 0. The Labute approximate surface area is 67.2 Å². The molecule has 0 radical (unpaired) electrons. The lowest BCUT2D eigenvalue weighted by Gasteiger charge is -2.20. The predicted octanol–water partition coefficient (Wildman–Crippen LogP) is 1.74. The zero-order chi connectivity index (χ0) is 7.61. The highest BCUT2D eigenvalue weighted by molar-refractivity contribution is 8.87. The van der Waals surface area contributed by atoms with E-state index < -0.39 is 9.06 Å². The first-order valence-electron chi connectivity index (χ1n) is 2.83. The fraction of sp³-hybridized carbons (Fsp3) is 0.333. The number of aromatic nitrogens is 2. The van der Waals surface area contributed by atoms with E-state index in [2.05, 4.69) is 21.6 Å². The van der Waals surface area contributed by atoms with E-state index in [4.69, 9.17) is 0 Å². The van der Waals surface area contributed by atoms with Gasteiger partial charge in [-0.1, -0.05) is 0 Å². The summed E-state index contributed by atoms with van der Waals surface area (Å²) in [4.78, 5) is 8.20. The van der Waals surface area contributed by atoms with Crippen LogP contribution < -0.4 is 0 Å². The van der Waals surface area contributed by atoms with E-state index in [1.807, 2.05) is 18.6 Å². The van der Waals surface area contributed by atoms with Crippen LogP contribution >= 0.6 is 20.7 Å². The number of rotatable bonds is 1. The smallest absolute Gasteiger partial charge is 0.178 e. The molecule has 0 saturated carbocycles. The van der Waals surface area contributed by atoms with Gasteiger partial charge in [0.1, 0.15) is 0 Å². The van der Waals surface area contributed by atoms with Crippen molar-refractivity contribution in [3.8, 4) is 0 Å². The van der Waals surface area contributed by atoms with Crippen LogP contribution in [0.1, 0.15) is 0 Å². The second kappa shape index (κ2) is 2.80.